The van der Waals surface area contributed by atoms with Crippen LogP contribution in [0.5, 0.6) is 0 Å². The normalized spacial score (nSPS) is 11.9. The summed E-state index contributed by atoms with van der Waals surface area (Å²) < 4.78 is 0. The second kappa shape index (κ2) is 6.25. The van der Waals surface area contributed by atoms with Gasteiger partial charge in [-0.15, -0.1) is 0 Å². The first-order chi connectivity index (χ1) is 9.61. The van der Waals surface area contributed by atoms with Crippen molar-refractivity contribution in [3.63, 3.8) is 0 Å². The van der Waals surface area contributed by atoms with Crippen LogP contribution in [0.15, 0.2) is 36.5 Å². The number of carbonyl (C=O) groups is 1. The molecule has 1 unspecified atom stereocenters. The minimum atomic E-state index is -0.296. The summed E-state index contributed by atoms with van der Waals surface area (Å²) in [6, 6.07) is 9.30. The Kier molecular flexibility index (Phi) is 4.42. The van der Waals surface area contributed by atoms with E-state index in [1.54, 1.807) is 13.8 Å². The molecule has 0 radical (unpaired) electrons. The number of nitrogens with one attached hydrogen (secondary N) is 1. The van der Waals surface area contributed by atoms with Gasteiger partial charge in [0.1, 0.15) is 0 Å². The number of aromatic nitrogens is 2. The van der Waals surface area contributed by atoms with Gasteiger partial charge in [-0.25, -0.2) is 9.97 Å². The van der Waals surface area contributed by atoms with Crippen LogP contribution in [0.3, 0.4) is 0 Å². The van der Waals surface area contributed by atoms with Crippen LogP contribution in [-0.4, -0.2) is 33.6 Å². The Morgan fingerprint density at radius 3 is 2.65 bits per heavy atom. The first-order valence-corrected chi connectivity index (χ1v) is 6.42. The van der Waals surface area contributed by atoms with E-state index in [1.807, 2.05) is 30.3 Å². The van der Waals surface area contributed by atoms with Gasteiger partial charge in [0.2, 0.25) is 0 Å². The molecule has 0 aliphatic carbocycles. The maximum Gasteiger partial charge on any atom is 0.254 e. The van der Waals surface area contributed by atoms with Crippen LogP contribution < -0.4 is 5.32 Å². The number of nitrogens with zero attached hydrogens (tertiary/aromatic N) is 2. The Morgan fingerprint density at radius 1 is 1.35 bits per heavy atom. The molecular formula is C15H17N3O2. The summed E-state index contributed by atoms with van der Waals surface area (Å²) in [5, 5.41) is 11.6. The molecule has 2 aromatic rings. The van der Waals surface area contributed by atoms with Crippen molar-refractivity contribution in [3.8, 4) is 11.4 Å². The molecule has 0 fully saturated rings. The third-order valence-electron chi connectivity index (χ3n) is 2.91. The monoisotopic (exact) mass is 271 g/mol. The molecule has 0 spiro atoms. The van der Waals surface area contributed by atoms with Crippen LogP contribution in [-0.2, 0) is 0 Å². The van der Waals surface area contributed by atoms with Crippen molar-refractivity contribution in [1.82, 2.24) is 15.3 Å². The Hall–Kier alpha value is -2.27. The minimum absolute atomic E-state index is 0.103. The number of hydrogen-bond acceptors (Lipinski definition) is 4. The van der Waals surface area contributed by atoms with Crippen molar-refractivity contribution in [2.75, 3.05) is 6.61 Å². The van der Waals surface area contributed by atoms with Gasteiger partial charge < -0.3 is 10.4 Å². The topological polar surface area (TPSA) is 75.1 Å². The molecular weight excluding hydrogens is 254 g/mol. The molecule has 5 nitrogen and oxygen atoms in total. The number of aliphatic hydroxyl groups excluding tert-OH is 1. The molecule has 0 bridgehead atoms. The van der Waals surface area contributed by atoms with E-state index in [0.29, 0.717) is 17.1 Å². The van der Waals surface area contributed by atoms with Gasteiger partial charge in [0.05, 0.1) is 17.9 Å². The fourth-order valence-corrected chi connectivity index (χ4v) is 1.76. The lowest BCUT2D eigenvalue weighted by atomic mass is 10.1. The molecule has 0 aliphatic rings. The largest absolute Gasteiger partial charge is 0.394 e. The fourth-order valence-electron chi connectivity index (χ4n) is 1.76. The van der Waals surface area contributed by atoms with Crippen molar-refractivity contribution < 1.29 is 9.90 Å². The average molecular weight is 271 g/mol. The fraction of sp³-hybridized carbons (Fsp3) is 0.267. The highest BCUT2D eigenvalue weighted by atomic mass is 16.3. The number of rotatable bonds is 4. The van der Waals surface area contributed by atoms with Crippen molar-refractivity contribution in [2.45, 2.75) is 19.9 Å². The molecule has 1 aromatic heterocycles. The summed E-state index contributed by atoms with van der Waals surface area (Å²) >= 11 is 0. The van der Waals surface area contributed by atoms with E-state index in [0.717, 1.165) is 5.56 Å². The first-order valence-electron chi connectivity index (χ1n) is 6.42. The summed E-state index contributed by atoms with van der Waals surface area (Å²) in [5.41, 5.74) is 1.94. The lowest BCUT2D eigenvalue weighted by Crippen LogP contribution is -2.35. The number of aryl methyl sites for hydroxylation is 1. The first kappa shape index (κ1) is 14.1. The summed E-state index contributed by atoms with van der Waals surface area (Å²) in [5.74, 6) is 0.318. The molecule has 1 heterocycles. The van der Waals surface area contributed by atoms with Gasteiger partial charge in [-0.2, -0.15) is 0 Å². The van der Waals surface area contributed by atoms with E-state index < -0.39 is 0 Å². The van der Waals surface area contributed by atoms with E-state index in [4.69, 9.17) is 5.11 Å². The van der Waals surface area contributed by atoms with E-state index >= 15 is 0 Å². The van der Waals surface area contributed by atoms with E-state index in [-0.39, 0.29) is 18.6 Å². The quantitative estimate of drug-likeness (QED) is 0.885. The highest BCUT2D eigenvalue weighted by molar-refractivity contribution is 5.95. The summed E-state index contributed by atoms with van der Waals surface area (Å²) in [6.45, 7) is 3.40. The Bertz CT molecular complexity index is 599. The molecule has 1 amide bonds. The molecule has 1 atom stereocenters. The van der Waals surface area contributed by atoms with Crippen LogP contribution in [0.25, 0.3) is 11.4 Å². The van der Waals surface area contributed by atoms with Gasteiger partial charge in [0, 0.05) is 17.8 Å². The van der Waals surface area contributed by atoms with E-state index in [1.165, 1.54) is 6.20 Å². The number of amides is 1. The Labute approximate surface area is 117 Å². The molecule has 2 rings (SSSR count). The molecule has 2 N–H and O–H groups in total. The summed E-state index contributed by atoms with van der Waals surface area (Å²) in [6.07, 6.45) is 1.52. The van der Waals surface area contributed by atoms with Crippen molar-refractivity contribution in [3.05, 3.63) is 47.8 Å². The second-order valence-corrected chi connectivity index (χ2v) is 4.62. The van der Waals surface area contributed by atoms with Crippen molar-refractivity contribution >= 4 is 5.91 Å². The summed E-state index contributed by atoms with van der Waals surface area (Å²) in [7, 11) is 0. The third-order valence-corrected chi connectivity index (χ3v) is 2.91. The standard InChI is InChI=1S/C15H17N3O2/c1-10(9-19)17-15(20)13-8-16-14(18-11(13)2)12-6-4-3-5-7-12/h3-8,10,19H,9H2,1-2H3,(H,17,20). The van der Waals surface area contributed by atoms with Crippen LogP contribution in [0.1, 0.15) is 23.0 Å². The van der Waals surface area contributed by atoms with E-state index in [2.05, 4.69) is 15.3 Å². The third kappa shape index (κ3) is 3.19. The molecule has 1 aromatic carbocycles. The number of benzene rings is 1. The minimum Gasteiger partial charge on any atom is -0.394 e. The molecule has 0 saturated heterocycles. The van der Waals surface area contributed by atoms with Gasteiger partial charge in [0.25, 0.3) is 5.91 Å². The van der Waals surface area contributed by atoms with Gasteiger partial charge >= 0.3 is 0 Å². The zero-order valence-corrected chi connectivity index (χ0v) is 11.5. The summed E-state index contributed by atoms with van der Waals surface area (Å²) in [4.78, 5) is 20.6. The van der Waals surface area contributed by atoms with Crippen LogP contribution >= 0.6 is 0 Å². The highest BCUT2D eigenvalue weighted by Gasteiger charge is 2.14. The molecule has 5 heteroatoms. The zero-order valence-electron chi connectivity index (χ0n) is 11.5. The Balaban J connectivity index is 2.24. The van der Waals surface area contributed by atoms with Gasteiger partial charge in [-0.3, -0.25) is 4.79 Å². The average Bonchev–Trinajstić information content (AvgIpc) is 2.47. The van der Waals surface area contributed by atoms with Crippen molar-refractivity contribution in [2.24, 2.45) is 0 Å². The van der Waals surface area contributed by atoms with Gasteiger partial charge in [-0.1, -0.05) is 30.3 Å². The van der Waals surface area contributed by atoms with E-state index in [9.17, 15) is 4.79 Å². The lowest BCUT2D eigenvalue weighted by Gasteiger charge is -2.12. The molecule has 104 valence electrons. The molecule has 0 saturated carbocycles. The van der Waals surface area contributed by atoms with Crippen LogP contribution in [0.4, 0.5) is 0 Å². The number of aliphatic hydroxyl groups is 1. The number of hydrogen-bond donors (Lipinski definition) is 2. The molecule has 0 aliphatic heterocycles. The zero-order chi connectivity index (χ0) is 14.5. The highest BCUT2D eigenvalue weighted by Crippen LogP contribution is 2.15. The predicted octanol–water partition coefficient (Wildman–Crippen LogP) is 1.56. The smallest absolute Gasteiger partial charge is 0.254 e. The predicted molar refractivity (Wildman–Crippen MR) is 76.2 cm³/mol. The SMILES string of the molecule is Cc1nc(-c2ccccc2)ncc1C(=O)NC(C)CO. The lowest BCUT2D eigenvalue weighted by molar-refractivity contribution is 0.0921. The maximum absolute atomic E-state index is 12.0. The number of carbonyl (C=O) groups excluding carboxylic acids is 1. The van der Waals surface area contributed by atoms with Crippen molar-refractivity contribution in [1.29, 1.82) is 0 Å². The maximum atomic E-state index is 12.0. The second-order valence-electron chi connectivity index (χ2n) is 4.62. The van der Waals surface area contributed by atoms with Gasteiger partial charge in [-0.05, 0) is 13.8 Å². The van der Waals surface area contributed by atoms with Crippen LogP contribution in [0, 0.1) is 6.92 Å². The molecule has 20 heavy (non-hydrogen) atoms. The van der Waals surface area contributed by atoms with Gasteiger partial charge in [0.15, 0.2) is 5.82 Å². The Morgan fingerprint density at radius 2 is 2.05 bits per heavy atom. The van der Waals surface area contributed by atoms with Crippen LogP contribution in [0.2, 0.25) is 0 Å².